The molecule has 1 saturated heterocycles. The Morgan fingerprint density at radius 2 is 1.96 bits per heavy atom. The highest BCUT2D eigenvalue weighted by Crippen LogP contribution is 2.33. The van der Waals surface area contributed by atoms with E-state index in [0.29, 0.717) is 12.6 Å². The van der Waals surface area contributed by atoms with Crippen LogP contribution in [0.5, 0.6) is 0 Å². The van der Waals surface area contributed by atoms with E-state index in [1.807, 2.05) is 23.6 Å². The molecule has 1 aromatic carbocycles. The minimum Gasteiger partial charge on any atom is -0.301 e. The molecule has 124 valence electrons. The van der Waals surface area contributed by atoms with E-state index in [-0.39, 0.29) is 5.56 Å². The van der Waals surface area contributed by atoms with Crippen LogP contribution in [0, 0.1) is 0 Å². The number of piperidine rings is 1. The third kappa shape index (κ3) is 3.31. The molecule has 1 fully saturated rings. The van der Waals surface area contributed by atoms with Gasteiger partial charge >= 0.3 is 0 Å². The predicted molar refractivity (Wildman–Crippen MR) is 102 cm³/mol. The fourth-order valence-corrected chi connectivity index (χ4v) is 4.73. The number of nitrogens with zero attached hydrogens (tertiary/aromatic N) is 3. The number of pyridine rings is 1. The Morgan fingerprint density at radius 1 is 1.17 bits per heavy atom. The van der Waals surface area contributed by atoms with Gasteiger partial charge in [0.25, 0.3) is 5.56 Å². The van der Waals surface area contributed by atoms with Crippen LogP contribution in [-0.2, 0) is 6.67 Å². The summed E-state index contributed by atoms with van der Waals surface area (Å²) in [7, 11) is 0. The number of hydrogen-bond donors (Lipinski definition) is 0. The van der Waals surface area contributed by atoms with Crippen LogP contribution in [0.4, 0.5) is 0 Å². The highest BCUT2D eigenvalue weighted by molar-refractivity contribution is 9.10. The molecule has 0 atom stereocenters. The second-order valence-electron chi connectivity index (χ2n) is 6.21. The van der Waals surface area contributed by atoms with Crippen molar-refractivity contribution in [3.8, 4) is 0 Å². The van der Waals surface area contributed by atoms with E-state index in [1.165, 1.54) is 9.71 Å². The van der Waals surface area contributed by atoms with E-state index in [9.17, 15) is 4.79 Å². The van der Waals surface area contributed by atoms with E-state index in [1.54, 1.807) is 16.7 Å². The van der Waals surface area contributed by atoms with Crippen LogP contribution in [0.3, 0.4) is 0 Å². The van der Waals surface area contributed by atoms with Crippen molar-refractivity contribution in [3.05, 3.63) is 62.4 Å². The van der Waals surface area contributed by atoms with Gasteiger partial charge < -0.3 is 4.57 Å². The van der Waals surface area contributed by atoms with Gasteiger partial charge in [-0.1, -0.05) is 12.1 Å². The number of fused-ring (bicyclic) bond motifs is 1. The van der Waals surface area contributed by atoms with Crippen molar-refractivity contribution in [2.75, 3.05) is 13.1 Å². The first kappa shape index (κ1) is 16.0. The SMILES string of the molecule is O=c1ccc(Br)cn1CN1CCC(c2nc3ccccc3s2)CC1. The molecule has 0 amide bonds. The number of benzene rings is 1. The van der Waals surface area contributed by atoms with Crippen molar-refractivity contribution in [2.24, 2.45) is 0 Å². The first-order valence-electron chi connectivity index (χ1n) is 8.13. The van der Waals surface area contributed by atoms with Crippen molar-refractivity contribution in [1.29, 1.82) is 0 Å². The minimum atomic E-state index is 0.0477. The number of thiazole rings is 1. The summed E-state index contributed by atoms with van der Waals surface area (Å²) in [5.74, 6) is 0.540. The van der Waals surface area contributed by atoms with Crippen LogP contribution < -0.4 is 5.56 Å². The molecule has 0 radical (unpaired) electrons. The van der Waals surface area contributed by atoms with Gasteiger partial charge in [0.2, 0.25) is 0 Å². The molecule has 3 aromatic rings. The lowest BCUT2D eigenvalue weighted by molar-refractivity contribution is 0.167. The Kier molecular flexibility index (Phi) is 4.52. The normalized spacial score (nSPS) is 16.7. The molecule has 1 aliphatic heterocycles. The van der Waals surface area contributed by atoms with Gasteiger partial charge in [0.1, 0.15) is 0 Å². The smallest absolute Gasteiger partial charge is 0.251 e. The van der Waals surface area contributed by atoms with E-state index in [2.05, 4.69) is 39.0 Å². The molecule has 0 aliphatic carbocycles. The summed E-state index contributed by atoms with van der Waals surface area (Å²) in [5.41, 5.74) is 1.16. The molecule has 0 bridgehead atoms. The zero-order valence-corrected chi connectivity index (χ0v) is 15.6. The summed E-state index contributed by atoms with van der Waals surface area (Å²) in [6, 6.07) is 11.7. The molecule has 6 heteroatoms. The monoisotopic (exact) mass is 403 g/mol. The van der Waals surface area contributed by atoms with E-state index >= 15 is 0 Å². The summed E-state index contributed by atoms with van der Waals surface area (Å²) >= 11 is 5.26. The largest absolute Gasteiger partial charge is 0.301 e. The van der Waals surface area contributed by atoms with Crippen LogP contribution in [0.2, 0.25) is 0 Å². The quantitative estimate of drug-likeness (QED) is 0.661. The highest BCUT2D eigenvalue weighted by atomic mass is 79.9. The average Bonchev–Trinajstić information content (AvgIpc) is 3.03. The molecule has 4 rings (SSSR count). The third-order valence-electron chi connectivity index (χ3n) is 4.55. The van der Waals surface area contributed by atoms with E-state index < -0.39 is 0 Å². The van der Waals surface area contributed by atoms with Crippen LogP contribution in [0.25, 0.3) is 10.2 Å². The van der Waals surface area contributed by atoms with Gasteiger partial charge in [-0.2, -0.15) is 0 Å². The van der Waals surface area contributed by atoms with Gasteiger partial charge in [0.15, 0.2) is 0 Å². The lowest BCUT2D eigenvalue weighted by atomic mass is 9.98. The minimum absolute atomic E-state index is 0.0477. The lowest BCUT2D eigenvalue weighted by Crippen LogP contribution is -2.37. The van der Waals surface area contributed by atoms with Crippen LogP contribution in [0.15, 0.2) is 51.9 Å². The molecule has 0 spiro atoms. The molecule has 4 nitrogen and oxygen atoms in total. The second kappa shape index (κ2) is 6.78. The molecule has 0 N–H and O–H groups in total. The molecule has 0 unspecified atom stereocenters. The molecule has 2 aromatic heterocycles. The zero-order chi connectivity index (χ0) is 16.5. The number of rotatable bonds is 3. The fraction of sp³-hybridized carbons (Fsp3) is 0.333. The van der Waals surface area contributed by atoms with Gasteiger partial charge in [0, 0.05) is 35.7 Å². The average molecular weight is 404 g/mol. The van der Waals surface area contributed by atoms with Gasteiger partial charge in [-0.3, -0.25) is 9.69 Å². The van der Waals surface area contributed by atoms with Gasteiger partial charge in [-0.25, -0.2) is 4.98 Å². The van der Waals surface area contributed by atoms with Crippen LogP contribution in [-0.4, -0.2) is 27.5 Å². The number of para-hydroxylation sites is 1. The van der Waals surface area contributed by atoms with Gasteiger partial charge in [0.05, 0.1) is 21.9 Å². The van der Waals surface area contributed by atoms with Crippen molar-refractivity contribution in [1.82, 2.24) is 14.5 Å². The van der Waals surface area contributed by atoms with Crippen molar-refractivity contribution in [2.45, 2.75) is 25.4 Å². The van der Waals surface area contributed by atoms with Gasteiger partial charge in [-0.15, -0.1) is 11.3 Å². The Labute approximate surface area is 152 Å². The fourth-order valence-electron chi connectivity index (χ4n) is 3.21. The molecular formula is C18H18BrN3OS. The number of likely N-dealkylation sites (tertiary alicyclic amines) is 1. The second-order valence-corrected chi connectivity index (χ2v) is 8.19. The predicted octanol–water partition coefficient (Wildman–Crippen LogP) is 4.06. The standard InChI is InChI=1S/C18H18BrN3OS/c19-14-5-6-17(23)22(11-14)12-21-9-7-13(8-10-21)18-20-15-3-1-2-4-16(15)24-18/h1-6,11,13H,7-10,12H2. The van der Waals surface area contributed by atoms with Gasteiger partial charge in [-0.05, 0) is 47.0 Å². The maximum atomic E-state index is 11.9. The Balaban J connectivity index is 1.43. The van der Waals surface area contributed by atoms with Crippen molar-refractivity contribution in [3.63, 3.8) is 0 Å². The maximum absolute atomic E-state index is 11.9. The molecule has 3 heterocycles. The summed E-state index contributed by atoms with van der Waals surface area (Å²) in [6.45, 7) is 2.66. The topological polar surface area (TPSA) is 38.1 Å². The molecule has 0 saturated carbocycles. The molecule has 1 aliphatic rings. The third-order valence-corrected chi connectivity index (χ3v) is 6.21. The number of halogens is 1. The van der Waals surface area contributed by atoms with Crippen LogP contribution in [0.1, 0.15) is 23.8 Å². The summed E-state index contributed by atoms with van der Waals surface area (Å²) in [6.07, 6.45) is 4.06. The molecular weight excluding hydrogens is 386 g/mol. The summed E-state index contributed by atoms with van der Waals surface area (Å²) in [4.78, 5) is 19.1. The van der Waals surface area contributed by atoms with E-state index in [4.69, 9.17) is 4.98 Å². The summed E-state index contributed by atoms with van der Waals surface area (Å²) in [5, 5.41) is 1.26. The molecule has 24 heavy (non-hydrogen) atoms. The van der Waals surface area contributed by atoms with Crippen molar-refractivity contribution >= 4 is 37.5 Å². The Morgan fingerprint density at radius 3 is 2.75 bits per heavy atom. The van der Waals surface area contributed by atoms with E-state index in [0.717, 1.165) is 35.9 Å². The number of hydrogen-bond acceptors (Lipinski definition) is 4. The zero-order valence-electron chi connectivity index (χ0n) is 13.2. The first-order valence-corrected chi connectivity index (χ1v) is 9.74. The Bertz CT molecular complexity index is 879. The first-order chi connectivity index (χ1) is 11.7. The number of aromatic nitrogens is 2. The van der Waals surface area contributed by atoms with Crippen LogP contribution >= 0.6 is 27.3 Å². The maximum Gasteiger partial charge on any atom is 0.251 e. The van der Waals surface area contributed by atoms with Crippen molar-refractivity contribution < 1.29 is 0 Å². The Hall–Kier alpha value is -1.50. The highest BCUT2D eigenvalue weighted by Gasteiger charge is 2.23. The lowest BCUT2D eigenvalue weighted by Gasteiger charge is -2.31. The summed E-state index contributed by atoms with van der Waals surface area (Å²) < 4.78 is 3.98.